The summed E-state index contributed by atoms with van der Waals surface area (Å²) in [5.74, 6) is -0.0728. The van der Waals surface area contributed by atoms with E-state index in [4.69, 9.17) is 0 Å². The maximum Gasteiger partial charge on any atom is 0.220 e. The molecule has 0 spiro atoms. The summed E-state index contributed by atoms with van der Waals surface area (Å²) in [6, 6.07) is -0.629. The van der Waals surface area contributed by atoms with Crippen LogP contribution >= 0.6 is 0 Å². The van der Waals surface area contributed by atoms with Crippen molar-refractivity contribution in [3.8, 4) is 0 Å². The third kappa shape index (κ3) is 41.0. The van der Waals surface area contributed by atoms with Crippen LogP contribution in [0.3, 0.4) is 0 Å². The Balaban J connectivity index is 3.60. The average molecular weight is 752 g/mol. The zero-order valence-corrected chi connectivity index (χ0v) is 35.7. The van der Waals surface area contributed by atoms with Crippen LogP contribution in [0, 0.1) is 0 Å². The van der Waals surface area contributed by atoms with E-state index < -0.39 is 12.1 Å². The molecule has 4 heteroatoms. The van der Waals surface area contributed by atoms with Crippen LogP contribution in [0.4, 0.5) is 0 Å². The lowest BCUT2D eigenvalue weighted by Gasteiger charge is -2.20. The Bertz CT molecular complexity index is 946. The summed E-state index contributed by atoms with van der Waals surface area (Å²) < 4.78 is 0. The van der Waals surface area contributed by atoms with E-state index in [0.29, 0.717) is 6.42 Å². The van der Waals surface area contributed by atoms with Gasteiger partial charge in [0.15, 0.2) is 0 Å². The fourth-order valence-corrected chi connectivity index (χ4v) is 6.68. The van der Waals surface area contributed by atoms with Crippen LogP contribution in [0.25, 0.3) is 0 Å². The van der Waals surface area contributed by atoms with E-state index in [2.05, 4.69) is 79.9 Å². The number of nitrogens with one attached hydrogen (secondary N) is 1. The van der Waals surface area contributed by atoms with Gasteiger partial charge in [-0.1, -0.05) is 222 Å². The van der Waals surface area contributed by atoms with Crippen molar-refractivity contribution in [2.45, 2.75) is 231 Å². The minimum atomic E-state index is -0.845. The molecule has 0 aromatic rings. The number of unbranched alkanes of at least 4 members (excludes halogenated alkanes) is 24. The van der Waals surface area contributed by atoms with Gasteiger partial charge in [0.05, 0.1) is 18.8 Å². The molecule has 0 aliphatic heterocycles. The minimum absolute atomic E-state index is 0.0728. The summed E-state index contributed by atoms with van der Waals surface area (Å²) in [6.45, 7) is 4.19. The predicted octanol–water partition coefficient (Wildman–Crippen LogP) is 14.7. The van der Waals surface area contributed by atoms with Crippen molar-refractivity contribution in [3.63, 3.8) is 0 Å². The number of carbonyl (C=O) groups excluding carboxylic acids is 1. The second-order valence-corrected chi connectivity index (χ2v) is 15.4. The second-order valence-electron chi connectivity index (χ2n) is 15.4. The lowest BCUT2D eigenvalue weighted by molar-refractivity contribution is -0.123. The molecule has 0 saturated carbocycles. The largest absolute Gasteiger partial charge is 0.394 e. The lowest BCUT2D eigenvalue weighted by Crippen LogP contribution is -2.45. The standard InChI is InChI=1S/C50H89NO3/c1-3-5-7-9-11-13-15-17-19-21-22-23-24-25-26-27-28-30-32-34-36-38-40-42-44-46-50(54)51-48(47-52)49(53)45-43-41-39-37-35-33-31-29-20-18-16-14-12-10-8-6-4-2/h5,7,11,13,17,19,22-23,25-26,43,45,48-49,52-53H,3-4,6,8-10,12,14-16,18,20-21,24,27-42,44,46-47H2,1-2H3,(H,51,54)/b7-5-,13-11-,19-17-,23-22-,26-25-,45-43+. The van der Waals surface area contributed by atoms with Crippen LogP contribution < -0.4 is 5.32 Å². The van der Waals surface area contributed by atoms with Crippen molar-refractivity contribution in [3.05, 3.63) is 72.9 Å². The molecule has 0 fully saturated rings. The van der Waals surface area contributed by atoms with Crippen LogP contribution in [0.2, 0.25) is 0 Å². The van der Waals surface area contributed by atoms with Gasteiger partial charge < -0.3 is 15.5 Å². The first kappa shape index (κ1) is 51.8. The Kier molecular flexibility index (Phi) is 43.4. The van der Waals surface area contributed by atoms with Crippen molar-refractivity contribution in [1.29, 1.82) is 0 Å². The smallest absolute Gasteiger partial charge is 0.220 e. The molecule has 0 bridgehead atoms. The molecule has 0 aliphatic carbocycles. The third-order valence-electron chi connectivity index (χ3n) is 10.2. The van der Waals surface area contributed by atoms with Gasteiger partial charge in [-0.05, 0) is 64.2 Å². The minimum Gasteiger partial charge on any atom is -0.394 e. The number of rotatable bonds is 41. The van der Waals surface area contributed by atoms with Crippen LogP contribution in [0.1, 0.15) is 219 Å². The van der Waals surface area contributed by atoms with Gasteiger partial charge in [0, 0.05) is 6.42 Å². The van der Waals surface area contributed by atoms with E-state index in [9.17, 15) is 15.0 Å². The topological polar surface area (TPSA) is 69.6 Å². The van der Waals surface area contributed by atoms with Gasteiger partial charge >= 0.3 is 0 Å². The normalized spacial score (nSPS) is 13.6. The zero-order chi connectivity index (χ0) is 39.3. The number of aliphatic hydroxyl groups is 2. The van der Waals surface area contributed by atoms with E-state index >= 15 is 0 Å². The van der Waals surface area contributed by atoms with Crippen LogP contribution in [-0.2, 0) is 4.79 Å². The summed E-state index contributed by atoms with van der Waals surface area (Å²) in [5, 5.41) is 23.1. The number of amides is 1. The zero-order valence-electron chi connectivity index (χ0n) is 35.7. The van der Waals surface area contributed by atoms with E-state index in [1.807, 2.05) is 6.08 Å². The first-order valence-electron chi connectivity index (χ1n) is 23.2. The molecule has 2 unspecified atom stereocenters. The SMILES string of the molecule is CC/C=C\C/C=C\C/C=C\C/C=C\C/C=C\CCCCCCCCCCCC(=O)NC(CO)C(O)/C=C/CCCCCCCCCCCCCCCCC. The van der Waals surface area contributed by atoms with Gasteiger partial charge in [0.2, 0.25) is 5.91 Å². The molecule has 312 valence electrons. The van der Waals surface area contributed by atoms with Crippen molar-refractivity contribution in [2.75, 3.05) is 6.61 Å². The van der Waals surface area contributed by atoms with Crippen molar-refractivity contribution >= 4 is 5.91 Å². The van der Waals surface area contributed by atoms with Gasteiger partial charge in [-0.25, -0.2) is 0 Å². The molecule has 0 saturated heterocycles. The molecule has 0 heterocycles. The third-order valence-corrected chi connectivity index (χ3v) is 10.2. The Morgan fingerprint density at radius 2 is 0.815 bits per heavy atom. The highest BCUT2D eigenvalue weighted by Gasteiger charge is 2.17. The molecule has 0 rings (SSSR count). The first-order chi connectivity index (χ1) is 26.7. The lowest BCUT2D eigenvalue weighted by atomic mass is 10.0. The number of hydrogen-bond donors (Lipinski definition) is 3. The number of hydrogen-bond acceptors (Lipinski definition) is 3. The number of aliphatic hydroxyl groups excluding tert-OH is 2. The molecule has 0 aromatic heterocycles. The maximum atomic E-state index is 12.4. The van der Waals surface area contributed by atoms with E-state index in [1.54, 1.807) is 6.08 Å². The highest BCUT2D eigenvalue weighted by molar-refractivity contribution is 5.76. The maximum absolute atomic E-state index is 12.4. The van der Waals surface area contributed by atoms with Crippen LogP contribution in [0.5, 0.6) is 0 Å². The first-order valence-corrected chi connectivity index (χ1v) is 23.2. The van der Waals surface area contributed by atoms with Gasteiger partial charge in [0.25, 0.3) is 0 Å². The predicted molar refractivity (Wildman–Crippen MR) is 239 cm³/mol. The van der Waals surface area contributed by atoms with Crippen molar-refractivity contribution in [1.82, 2.24) is 5.32 Å². The molecule has 2 atom stereocenters. The quantitative estimate of drug-likeness (QED) is 0.0430. The molecule has 0 radical (unpaired) electrons. The average Bonchev–Trinajstić information content (AvgIpc) is 3.18. The molecule has 3 N–H and O–H groups in total. The highest BCUT2D eigenvalue weighted by atomic mass is 16.3. The summed E-state index contributed by atoms with van der Waals surface area (Å²) in [6.07, 6.45) is 64.4. The molecule has 1 amide bonds. The summed E-state index contributed by atoms with van der Waals surface area (Å²) >= 11 is 0. The molecular formula is C50H89NO3. The Morgan fingerprint density at radius 1 is 0.463 bits per heavy atom. The van der Waals surface area contributed by atoms with Crippen molar-refractivity contribution in [2.24, 2.45) is 0 Å². The molecule has 0 aliphatic rings. The molecule has 54 heavy (non-hydrogen) atoms. The van der Waals surface area contributed by atoms with Gasteiger partial charge in [-0.15, -0.1) is 0 Å². The fraction of sp³-hybridized carbons (Fsp3) is 0.740. The van der Waals surface area contributed by atoms with Crippen molar-refractivity contribution < 1.29 is 15.0 Å². The van der Waals surface area contributed by atoms with E-state index in [1.165, 1.54) is 141 Å². The fourth-order valence-electron chi connectivity index (χ4n) is 6.68. The molecule has 0 aromatic carbocycles. The van der Waals surface area contributed by atoms with Crippen LogP contribution in [-0.4, -0.2) is 34.9 Å². The summed E-state index contributed by atoms with van der Waals surface area (Å²) in [5.41, 5.74) is 0. The Labute approximate surface area is 336 Å². The summed E-state index contributed by atoms with van der Waals surface area (Å²) in [4.78, 5) is 12.4. The molecular weight excluding hydrogens is 663 g/mol. The van der Waals surface area contributed by atoms with E-state index in [0.717, 1.165) is 57.8 Å². The van der Waals surface area contributed by atoms with Crippen LogP contribution in [0.15, 0.2) is 72.9 Å². The Morgan fingerprint density at radius 3 is 1.22 bits per heavy atom. The monoisotopic (exact) mass is 752 g/mol. The second kappa shape index (κ2) is 45.2. The molecule has 4 nitrogen and oxygen atoms in total. The highest BCUT2D eigenvalue weighted by Crippen LogP contribution is 2.15. The number of carbonyl (C=O) groups is 1. The van der Waals surface area contributed by atoms with Gasteiger partial charge in [0.1, 0.15) is 0 Å². The summed E-state index contributed by atoms with van der Waals surface area (Å²) in [7, 11) is 0. The van der Waals surface area contributed by atoms with E-state index in [-0.39, 0.29) is 12.5 Å². The van der Waals surface area contributed by atoms with Gasteiger partial charge in [-0.3, -0.25) is 4.79 Å². The van der Waals surface area contributed by atoms with Gasteiger partial charge in [-0.2, -0.15) is 0 Å². The number of allylic oxidation sites excluding steroid dienone is 11. The Hall–Kier alpha value is -2.17.